The van der Waals surface area contributed by atoms with Crippen LogP contribution in [0.15, 0.2) is 71.8 Å². The third-order valence-corrected chi connectivity index (χ3v) is 6.94. The minimum Gasteiger partial charge on any atom is -0.439 e. The molecule has 0 aliphatic carbocycles. The Balaban J connectivity index is 1.20. The van der Waals surface area contributed by atoms with Crippen LogP contribution in [0.5, 0.6) is 11.6 Å². The maximum atomic E-state index is 12.9. The molecule has 1 N–H and O–H groups in total. The number of rotatable bonds is 8. The van der Waals surface area contributed by atoms with Gasteiger partial charge in [-0.25, -0.2) is 4.98 Å². The summed E-state index contributed by atoms with van der Waals surface area (Å²) in [6.07, 6.45) is 2.66. The normalized spacial score (nSPS) is 16.4. The second-order valence-electron chi connectivity index (χ2n) is 8.72. The fourth-order valence-electron chi connectivity index (χ4n) is 4.07. The third kappa shape index (κ3) is 6.27. The molecule has 0 spiro atoms. The van der Waals surface area contributed by atoms with E-state index >= 15 is 0 Å². The molecule has 2 aliphatic rings. The number of morpholine rings is 1. The van der Waals surface area contributed by atoms with Crippen molar-refractivity contribution in [2.75, 3.05) is 43.1 Å². The summed E-state index contributed by atoms with van der Waals surface area (Å²) in [5, 5.41) is 13.0. The molecule has 2 aliphatic heterocycles. The van der Waals surface area contributed by atoms with Gasteiger partial charge >= 0.3 is 0 Å². The Labute approximate surface area is 232 Å². The van der Waals surface area contributed by atoms with Gasteiger partial charge in [0.1, 0.15) is 18.5 Å². The first-order valence-electron chi connectivity index (χ1n) is 12.2. The molecule has 0 unspecified atom stereocenters. The number of benzene rings is 2. The third-order valence-electron chi connectivity index (χ3n) is 6.04. The number of amides is 3. The van der Waals surface area contributed by atoms with E-state index in [0.717, 1.165) is 28.5 Å². The highest BCUT2D eigenvalue weighted by molar-refractivity contribution is 8.18. The second-order valence-corrected chi connectivity index (χ2v) is 9.71. The number of hydrogen-bond acceptors (Lipinski definition) is 10. The Bertz CT molecular complexity index is 1470. The fraction of sp³-hybridized carbons (Fsp3) is 0.185. The molecule has 0 saturated carbocycles. The molecule has 204 valence electrons. The number of carbonyl (C=O) groups is 3. The van der Waals surface area contributed by atoms with E-state index in [0.29, 0.717) is 43.3 Å². The molecule has 2 fully saturated rings. The molecule has 3 heterocycles. The van der Waals surface area contributed by atoms with Crippen LogP contribution in [-0.4, -0.2) is 64.7 Å². The molecule has 3 aromatic rings. The Morgan fingerprint density at radius 1 is 1.10 bits per heavy atom. The zero-order chi connectivity index (χ0) is 28.1. The number of ether oxygens (including phenoxy) is 2. The van der Waals surface area contributed by atoms with Gasteiger partial charge in [0.15, 0.2) is 0 Å². The van der Waals surface area contributed by atoms with E-state index in [1.807, 2.05) is 12.1 Å². The standard InChI is InChI=1S/C27H23N5O7S/c33-24(29-21-3-1-2-4-22(21)30-11-13-38-14-12-30)17-31-26(34)23(40-27(31)35)15-18-5-8-20(9-6-18)39-25-10-7-19(16-28-25)32(36)37/h1-10,15-16H,11-14,17H2,(H,29,33)/b23-15-. The van der Waals surface area contributed by atoms with Crippen molar-refractivity contribution in [3.63, 3.8) is 0 Å². The number of imide groups is 1. The minimum absolute atomic E-state index is 0.146. The van der Waals surface area contributed by atoms with E-state index in [2.05, 4.69) is 15.2 Å². The van der Waals surface area contributed by atoms with Crippen LogP contribution in [0, 0.1) is 10.1 Å². The smallest absolute Gasteiger partial charge is 0.294 e. The van der Waals surface area contributed by atoms with Crippen LogP contribution in [0.4, 0.5) is 21.9 Å². The summed E-state index contributed by atoms with van der Waals surface area (Å²) in [7, 11) is 0. The Kier molecular flexibility index (Phi) is 8.03. The van der Waals surface area contributed by atoms with Gasteiger partial charge < -0.3 is 19.7 Å². The summed E-state index contributed by atoms with van der Waals surface area (Å²) < 4.78 is 11.0. The van der Waals surface area contributed by atoms with Gasteiger partial charge in [-0.3, -0.25) is 29.4 Å². The number of pyridine rings is 1. The van der Waals surface area contributed by atoms with Crippen molar-refractivity contribution < 1.29 is 28.8 Å². The van der Waals surface area contributed by atoms with Gasteiger partial charge in [-0.2, -0.15) is 0 Å². The van der Waals surface area contributed by atoms with Gasteiger partial charge in [-0.1, -0.05) is 24.3 Å². The summed E-state index contributed by atoms with van der Waals surface area (Å²) in [6, 6.07) is 16.7. The molecule has 0 bridgehead atoms. The molecule has 0 radical (unpaired) electrons. The average Bonchev–Trinajstić information content (AvgIpc) is 3.22. The first-order chi connectivity index (χ1) is 19.4. The predicted molar refractivity (Wildman–Crippen MR) is 148 cm³/mol. The van der Waals surface area contributed by atoms with Crippen molar-refractivity contribution in [2.45, 2.75) is 0 Å². The monoisotopic (exact) mass is 561 g/mol. The van der Waals surface area contributed by atoms with Crippen molar-refractivity contribution in [3.05, 3.63) is 87.4 Å². The lowest BCUT2D eigenvalue weighted by atomic mass is 10.2. The van der Waals surface area contributed by atoms with Gasteiger partial charge in [0.2, 0.25) is 11.8 Å². The van der Waals surface area contributed by atoms with E-state index in [4.69, 9.17) is 9.47 Å². The molecule has 2 aromatic carbocycles. The lowest BCUT2D eigenvalue weighted by molar-refractivity contribution is -0.385. The van der Waals surface area contributed by atoms with Crippen LogP contribution < -0.4 is 15.0 Å². The van der Waals surface area contributed by atoms with Crippen molar-refractivity contribution in [3.8, 4) is 11.6 Å². The van der Waals surface area contributed by atoms with Gasteiger partial charge in [0.25, 0.3) is 16.8 Å². The SMILES string of the molecule is O=C(CN1C(=O)S/C(=C\c2ccc(Oc3ccc([N+](=O)[O-])cn3)cc2)C1=O)Nc1ccccc1N1CCOCC1. The molecule has 12 nitrogen and oxygen atoms in total. The summed E-state index contributed by atoms with van der Waals surface area (Å²) in [5.41, 5.74) is 1.94. The molecule has 1 aromatic heterocycles. The highest BCUT2D eigenvalue weighted by Crippen LogP contribution is 2.33. The quantitative estimate of drug-likeness (QED) is 0.240. The van der Waals surface area contributed by atoms with E-state index in [-0.39, 0.29) is 16.5 Å². The van der Waals surface area contributed by atoms with E-state index in [1.54, 1.807) is 42.5 Å². The fourth-order valence-corrected chi connectivity index (χ4v) is 4.91. The summed E-state index contributed by atoms with van der Waals surface area (Å²) in [6.45, 7) is 2.17. The largest absolute Gasteiger partial charge is 0.439 e. The number of para-hydroxylation sites is 2. The molecule has 5 rings (SSSR count). The molecule has 13 heteroatoms. The van der Waals surface area contributed by atoms with Crippen LogP contribution in [0.1, 0.15) is 5.56 Å². The number of aromatic nitrogens is 1. The molecule has 40 heavy (non-hydrogen) atoms. The number of nitro groups is 1. The van der Waals surface area contributed by atoms with Crippen molar-refractivity contribution in [1.29, 1.82) is 0 Å². The lowest BCUT2D eigenvalue weighted by Crippen LogP contribution is -2.38. The first-order valence-corrected chi connectivity index (χ1v) is 13.0. The van der Waals surface area contributed by atoms with E-state index in [1.165, 1.54) is 12.1 Å². The van der Waals surface area contributed by atoms with Gasteiger partial charge in [0, 0.05) is 25.2 Å². The number of nitrogens with one attached hydrogen (secondary N) is 1. The number of nitrogens with zero attached hydrogens (tertiary/aromatic N) is 4. The second kappa shape index (κ2) is 12.0. The highest BCUT2D eigenvalue weighted by atomic mass is 32.2. The minimum atomic E-state index is -0.554. The topological polar surface area (TPSA) is 144 Å². The predicted octanol–water partition coefficient (Wildman–Crippen LogP) is 4.29. The van der Waals surface area contributed by atoms with Crippen LogP contribution in [0.25, 0.3) is 6.08 Å². The van der Waals surface area contributed by atoms with Crippen LogP contribution in [0.2, 0.25) is 0 Å². The molecule has 0 atom stereocenters. The number of carbonyl (C=O) groups excluding carboxylic acids is 3. The van der Waals surface area contributed by atoms with Crippen LogP contribution >= 0.6 is 11.8 Å². The number of anilines is 2. The van der Waals surface area contributed by atoms with Crippen LogP contribution in [0.3, 0.4) is 0 Å². The van der Waals surface area contributed by atoms with Crippen LogP contribution in [-0.2, 0) is 14.3 Å². The average molecular weight is 562 g/mol. The lowest BCUT2D eigenvalue weighted by Gasteiger charge is -2.30. The van der Waals surface area contributed by atoms with Gasteiger partial charge in [0.05, 0.1) is 34.4 Å². The molecule has 3 amide bonds. The zero-order valence-electron chi connectivity index (χ0n) is 21.0. The highest BCUT2D eigenvalue weighted by Gasteiger charge is 2.36. The summed E-state index contributed by atoms with van der Waals surface area (Å²) >= 11 is 0.761. The van der Waals surface area contributed by atoms with Crippen molar-refractivity contribution in [1.82, 2.24) is 9.88 Å². The molecular formula is C27H23N5O7S. The molecular weight excluding hydrogens is 538 g/mol. The van der Waals surface area contributed by atoms with Crippen molar-refractivity contribution in [2.24, 2.45) is 0 Å². The van der Waals surface area contributed by atoms with E-state index in [9.17, 15) is 24.5 Å². The zero-order valence-corrected chi connectivity index (χ0v) is 21.8. The van der Waals surface area contributed by atoms with E-state index < -0.39 is 28.5 Å². The number of hydrogen-bond donors (Lipinski definition) is 1. The Hall–Kier alpha value is -4.75. The maximum Gasteiger partial charge on any atom is 0.294 e. The van der Waals surface area contributed by atoms with Gasteiger partial charge in [-0.05, 0) is 47.7 Å². The maximum absolute atomic E-state index is 12.9. The first kappa shape index (κ1) is 26.8. The molecule has 2 saturated heterocycles. The van der Waals surface area contributed by atoms with Crippen molar-refractivity contribution >= 4 is 52.0 Å². The Morgan fingerprint density at radius 2 is 1.85 bits per heavy atom. The summed E-state index contributed by atoms with van der Waals surface area (Å²) in [4.78, 5) is 55.6. The Morgan fingerprint density at radius 3 is 2.55 bits per heavy atom. The number of thioether (sulfide) groups is 1. The summed E-state index contributed by atoms with van der Waals surface area (Å²) in [5.74, 6) is -0.418. The van der Waals surface area contributed by atoms with Gasteiger partial charge in [-0.15, -0.1) is 0 Å².